The van der Waals surface area contributed by atoms with Gasteiger partial charge in [-0.15, -0.1) is 0 Å². The van der Waals surface area contributed by atoms with Crippen molar-refractivity contribution in [1.82, 2.24) is 4.90 Å². The Kier molecular flexibility index (Phi) is 9.84. The number of hydrogen-bond donors (Lipinski definition) is 1. The van der Waals surface area contributed by atoms with E-state index in [1.165, 1.54) is 25.7 Å². The number of unbranched alkanes of at least 4 members (excludes halogenated alkanes) is 5. The summed E-state index contributed by atoms with van der Waals surface area (Å²) in [7, 11) is 0. The van der Waals surface area contributed by atoms with E-state index in [2.05, 4.69) is 12.2 Å². The lowest BCUT2D eigenvalue weighted by atomic mass is 10.1. The first kappa shape index (κ1) is 21.7. The minimum atomic E-state index is -0.0694. The van der Waals surface area contributed by atoms with Crippen LogP contribution in [0.25, 0.3) is 0 Å². The number of hydrogen-bond acceptors (Lipinski definition) is 2. The second-order valence-electron chi connectivity index (χ2n) is 7.09. The Morgan fingerprint density at radius 1 is 0.786 bits per heavy atom. The first-order valence-electron chi connectivity index (χ1n) is 10.4. The monoisotopic (exact) mass is 380 g/mol. The maximum Gasteiger partial charge on any atom is 0.253 e. The topological polar surface area (TPSA) is 49.4 Å². The molecule has 0 saturated carbocycles. The molecule has 2 aromatic carbocycles. The molecule has 2 aromatic rings. The average Bonchev–Trinajstić information content (AvgIpc) is 2.73. The normalized spacial score (nSPS) is 10.5. The molecule has 4 nitrogen and oxygen atoms in total. The summed E-state index contributed by atoms with van der Waals surface area (Å²) in [6, 6.07) is 18.7. The second-order valence-corrected chi connectivity index (χ2v) is 7.09. The van der Waals surface area contributed by atoms with Crippen LogP contribution in [0.3, 0.4) is 0 Å². The van der Waals surface area contributed by atoms with Crippen molar-refractivity contribution in [1.29, 1.82) is 0 Å². The van der Waals surface area contributed by atoms with Gasteiger partial charge in [-0.25, -0.2) is 0 Å². The van der Waals surface area contributed by atoms with E-state index in [0.717, 1.165) is 18.5 Å². The van der Waals surface area contributed by atoms with Crippen LogP contribution in [0.4, 0.5) is 5.69 Å². The number of anilines is 1. The van der Waals surface area contributed by atoms with E-state index in [-0.39, 0.29) is 11.8 Å². The van der Waals surface area contributed by atoms with Crippen molar-refractivity contribution >= 4 is 17.5 Å². The number of carbonyl (C=O) groups is 2. The van der Waals surface area contributed by atoms with Crippen LogP contribution in [0.2, 0.25) is 0 Å². The molecule has 0 bridgehead atoms. The van der Waals surface area contributed by atoms with Gasteiger partial charge in [0.05, 0.1) is 0 Å². The first-order chi connectivity index (χ1) is 13.7. The van der Waals surface area contributed by atoms with E-state index in [1.807, 2.05) is 65.6 Å². The Morgan fingerprint density at radius 2 is 1.39 bits per heavy atom. The summed E-state index contributed by atoms with van der Waals surface area (Å²) in [5.41, 5.74) is 1.46. The minimum Gasteiger partial charge on any atom is -0.338 e. The average molecular weight is 381 g/mol. The summed E-state index contributed by atoms with van der Waals surface area (Å²) in [6.07, 6.45) is 7.35. The van der Waals surface area contributed by atoms with Crippen LogP contribution < -0.4 is 5.32 Å². The molecule has 0 saturated heterocycles. The molecule has 0 radical (unpaired) electrons. The number of benzene rings is 2. The van der Waals surface area contributed by atoms with Crippen molar-refractivity contribution in [2.24, 2.45) is 0 Å². The SMILES string of the molecule is CCCCCCCCN(CCC(=O)Nc1ccccc1)C(=O)c1ccccc1. The molecular formula is C24H32N2O2. The second kappa shape index (κ2) is 12.7. The van der Waals surface area contributed by atoms with E-state index in [0.29, 0.717) is 25.1 Å². The molecule has 0 fully saturated rings. The van der Waals surface area contributed by atoms with Crippen LogP contribution in [-0.4, -0.2) is 29.8 Å². The third-order valence-corrected chi connectivity index (χ3v) is 4.76. The number of amides is 2. The summed E-state index contributed by atoms with van der Waals surface area (Å²) in [5, 5.41) is 2.89. The van der Waals surface area contributed by atoms with E-state index >= 15 is 0 Å². The Labute approximate surface area is 169 Å². The Balaban J connectivity index is 1.87. The number of nitrogens with one attached hydrogen (secondary N) is 1. The number of para-hydroxylation sites is 1. The van der Waals surface area contributed by atoms with Crippen molar-refractivity contribution in [3.63, 3.8) is 0 Å². The molecule has 2 rings (SSSR count). The van der Waals surface area contributed by atoms with Crippen LogP contribution in [0.1, 0.15) is 62.2 Å². The molecular weight excluding hydrogens is 348 g/mol. The first-order valence-corrected chi connectivity index (χ1v) is 10.4. The van der Waals surface area contributed by atoms with Gasteiger partial charge in [0.25, 0.3) is 5.91 Å². The van der Waals surface area contributed by atoms with Crippen LogP contribution in [0.15, 0.2) is 60.7 Å². The molecule has 0 atom stereocenters. The highest BCUT2D eigenvalue weighted by atomic mass is 16.2. The smallest absolute Gasteiger partial charge is 0.253 e. The van der Waals surface area contributed by atoms with Gasteiger partial charge in [-0.2, -0.15) is 0 Å². The fourth-order valence-electron chi connectivity index (χ4n) is 3.14. The van der Waals surface area contributed by atoms with Crippen molar-refractivity contribution in [3.8, 4) is 0 Å². The predicted molar refractivity (Wildman–Crippen MR) is 115 cm³/mol. The molecule has 2 amide bonds. The largest absolute Gasteiger partial charge is 0.338 e. The molecule has 0 aliphatic rings. The summed E-state index contributed by atoms with van der Waals surface area (Å²) in [4.78, 5) is 27.0. The van der Waals surface area contributed by atoms with Gasteiger partial charge in [-0.05, 0) is 30.7 Å². The van der Waals surface area contributed by atoms with E-state index in [4.69, 9.17) is 0 Å². The van der Waals surface area contributed by atoms with Gasteiger partial charge in [0.1, 0.15) is 0 Å². The molecule has 0 unspecified atom stereocenters. The lowest BCUT2D eigenvalue weighted by molar-refractivity contribution is -0.116. The van der Waals surface area contributed by atoms with E-state index < -0.39 is 0 Å². The molecule has 0 heterocycles. The Bertz CT molecular complexity index is 701. The van der Waals surface area contributed by atoms with Gasteiger partial charge in [-0.3, -0.25) is 9.59 Å². The van der Waals surface area contributed by atoms with Gasteiger partial charge < -0.3 is 10.2 Å². The molecule has 0 spiro atoms. The Hall–Kier alpha value is -2.62. The van der Waals surface area contributed by atoms with Gasteiger partial charge >= 0.3 is 0 Å². The highest BCUT2D eigenvalue weighted by Gasteiger charge is 2.16. The highest BCUT2D eigenvalue weighted by molar-refractivity contribution is 5.95. The van der Waals surface area contributed by atoms with Gasteiger partial charge in [-0.1, -0.05) is 75.4 Å². The van der Waals surface area contributed by atoms with E-state index in [1.54, 1.807) is 0 Å². The predicted octanol–water partition coefficient (Wildman–Crippen LogP) is 5.52. The van der Waals surface area contributed by atoms with Gasteiger partial charge in [0.2, 0.25) is 5.91 Å². The molecule has 150 valence electrons. The maximum atomic E-state index is 12.9. The fourth-order valence-corrected chi connectivity index (χ4v) is 3.14. The summed E-state index contributed by atoms with van der Waals surface area (Å²) in [5.74, 6) is -0.0679. The number of carbonyl (C=O) groups excluding carboxylic acids is 2. The van der Waals surface area contributed by atoms with Crippen LogP contribution >= 0.6 is 0 Å². The van der Waals surface area contributed by atoms with Crippen LogP contribution in [0.5, 0.6) is 0 Å². The zero-order valence-electron chi connectivity index (χ0n) is 16.9. The fraction of sp³-hybridized carbons (Fsp3) is 0.417. The zero-order chi connectivity index (χ0) is 20.0. The minimum absolute atomic E-state index is 0.00155. The summed E-state index contributed by atoms with van der Waals surface area (Å²) in [6.45, 7) is 3.33. The molecule has 4 heteroatoms. The quantitative estimate of drug-likeness (QED) is 0.493. The van der Waals surface area contributed by atoms with E-state index in [9.17, 15) is 9.59 Å². The summed E-state index contributed by atoms with van der Waals surface area (Å²) >= 11 is 0. The Morgan fingerprint density at radius 3 is 2.07 bits per heavy atom. The van der Waals surface area contributed by atoms with Crippen LogP contribution in [0, 0.1) is 0 Å². The molecule has 0 aliphatic carbocycles. The highest BCUT2D eigenvalue weighted by Crippen LogP contribution is 2.11. The van der Waals surface area contributed by atoms with Crippen molar-refractivity contribution < 1.29 is 9.59 Å². The molecule has 0 aromatic heterocycles. The molecule has 1 N–H and O–H groups in total. The van der Waals surface area contributed by atoms with Crippen molar-refractivity contribution in [2.75, 3.05) is 18.4 Å². The molecule has 28 heavy (non-hydrogen) atoms. The lowest BCUT2D eigenvalue weighted by Gasteiger charge is -2.23. The molecule has 0 aliphatic heterocycles. The van der Waals surface area contributed by atoms with Gasteiger partial charge in [0.15, 0.2) is 0 Å². The third kappa shape index (κ3) is 7.95. The van der Waals surface area contributed by atoms with Crippen molar-refractivity contribution in [3.05, 3.63) is 66.2 Å². The summed E-state index contributed by atoms with van der Waals surface area (Å²) < 4.78 is 0. The zero-order valence-corrected chi connectivity index (χ0v) is 16.9. The number of nitrogens with zero attached hydrogens (tertiary/aromatic N) is 1. The third-order valence-electron chi connectivity index (χ3n) is 4.76. The van der Waals surface area contributed by atoms with Crippen molar-refractivity contribution in [2.45, 2.75) is 51.9 Å². The number of rotatable bonds is 12. The maximum absolute atomic E-state index is 12.9. The lowest BCUT2D eigenvalue weighted by Crippen LogP contribution is -2.34. The standard InChI is InChI=1S/C24H32N2O2/c1-2-3-4-5-6-13-19-26(24(28)21-14-9-7-10-15-21)20-18-23(27)25-22-16-11-8-12-17-22/h7-12,14-17H,2-6,13,18-20H2,1H3,(H,25,27). The van der Waals surface area contributed by atoms with Crippen LogP contribution in [-0.2, 0) is 4.79 Å². The van der Waals surface area contributed by atoms with Gasteiger partial charge in [0, 0.05) is 30.8 Å².